The second-order valence-corrected chi connectivity index (χ2v) is 8.41. The molecule has 2 heterocycles. The molecule has 0 aliphatic rings. The molecule has 0 aliphatic heterocycles. The molecule has 0 bridgehead atoms. The average molecular weight is 459 g/mol. The highest BCUT2D eigenvalue weighted by molar-refractivity contribution is 6.32. The fourth-order valence-electron chi connectivity index (χ4n) is 3.57. The van der Waals surface area contributed by atoms with Crippen LogP contribution in [0.3, 0.4) is 0 Å². The second-order valence-electron chi connectivity index (χ2n) is 8.00. The molecule has 6 nitrogen and oxygen atoms in total. The van der Waals surface area contributed by atoms with Gasteiger partial charge in [-0.15, -0.1) is 0 Å². The number of halogens is 3. The minimum absolute atomic E-state index is 0.0772. The summed E-state index contributed by atoms with van der Waals surface area (Å²) in [5, 5.41) is 0.333. The van der Waals surface area contributed by atoms with E-state index < -0.39 is 22.9 Å². The molecule has 9 heteroatoms. The van der Waals surface area contributed by atoms with Gasteiger partial charge in [-0.2, -0.15) is 0 Å². The Hall–Kier alpha value is -3.26. The Balaban J connectivity index is 1.97. The van der Waals surface area contributed by atoms with Crippen molar-refractivity contribution in [1.82, 2.24) is 18.7 Å². The van der Waals surface area contributed by atoms with E-state index in [0.29, 0.717) is 22.7 Å². The summed E-state index contributed by atoms with van der Waals surface area (Å²) in [5.41, 5.74) is 0.158. The van der Waals surface area contributed by atoms with Crippen molar-refractivity contribution in [3.63, 3.8) is 0 Å². The van der Waals surface area contributed by atoms with Crippen molar-refractivity contribution < 1.29 is 8.78 Å². The van der Waals surface area contributed by atoms with Crippen molar-refractivity contribution in [2.24, 2.45) is 5.92 Å². The zero-order valence-corrected chi connectivity index (χ0v) is 18.3. The van der Waals surface area contributed by atoms with Crippen LogP contribution in [-0.4, -0.2) is 18.7 Å². The number of rotatable bonds is 6. The number of fused-ring (bicyclic) bond motifs is 1. The van der Waals surface area contributed by atoms with Crippen LogP contribution in [0.15, 0.2) is 58.4 Å². The minimum Gasteiger partial charge on any atom is -0.320 e. The van der Waals surface area contributed by atoms with Crippen LogP contribution in [-0.2, 0) is 13.1 Å². The van der Waals surface area contributed by atoms with E-state index in [1.165, 1.54) is 26.1 Å². The zero-order chi connectivity index (χ0) is 23.0. The van der Waals surface area contributed by atoms with Crippen LogP contribution in [0.5, 0.6) is 0 Å². The van der Waals surface area contributed by atoms with E-state index in [1.54, 1.807) is 24.3 Å². The van der Waals surface area contributed by atoms with Crippen molar-refractivity contribution in [3.05, 3.63) is 91.9 Å². The Morgan fingerprint density at radius 2 is 1.81 bits per heavy atom. The highest BCUT2D eigenvalue weighted by Gasteiger charge is 2.20. The second kappa shape index (κ2) is 8.70. The summed E-state index contributed by atoms with van der Waals surface area (Å²) in [5.74, 6) is -1.65. The summed E-state index contributed by atoms with van der Waals surface area (Å²) in [6, 6.07) is 10.3. The quantitative estimate of drug-likeness (QED) is 0.431. The lowest BCUT2D eigenvalue weighted by Gasteiger charge is -2.14. The summed E-state index contributed by atoms with van der Waals surface area (Å²) in [4.78, 5) is 31.0. The molecule has 4 rings (SSSR count). The fraction of sp³-hybridized carbons (Fsp3) is 0.261. The normalized spacial score (nSPS) is 11.6. The monoisotopic (exact) mass is 458 g/mol. The van der Waals surface area contributed by atoms with Gasteiger partial charge < -0.3 is 4.57 Å². The van der Waals surface area contributed by atoms with Crippen molar-refractivity contribution >= 4 is 22.8 Å². The molecule has 0 atom stereocenters. The summed E-state index contributed by atoms with van der Waals surface area (Å²) in [7, 11) is 0. The van der Waals surface area contributed by atoms with Crippen LogP contribution in [0.2, 0.25) is 5.02 Å². The zero-order valence-electron chi connectivity index (χ0n) is 17.6. The van der Waals surface area contributed by atoms with Crippen LogP contribution in [0.25, 0.3) is 16.9 Å². The third-order valence-corrected chi connectivity index (χ3v) is 5.58. The number of imidazole rings is 1. The van der Waals surface area contributed by atoms with E-state index in [-0.39, 0.29) is 30.2 Å². The lowest BCUT2D eigenvalue weighted by atomic mass is 10.1. The van der Waals surface area contributed by atoms with Crippen LogP contribution < -0.4 is 11.2 Å². The maximum Gasteiger partial charge on any atom is 0.337 e. The Labute approximate surface area is 187 Å². The molecule has 0 saturated carbocycles. The highest BCUT2D eigenvalue weighted by atomic mass is 35.5. The molecular formula is C23H21ClF2N4O2. The predicted octanol–water partition coefficient (Wildman–Crippen LogP) is 4.37. The molecule has 0 unspecified atom stereocenters. The van der Waals surface area contributed by atoms with Gasteiger partial charge in [-0.3, -0.25) is 9.36 Å². The first-order valence-corrected chi connectivity index (χ1v) is 10.5. The van der Waals surface area contributed by atoms with E-state index >= 15 is 0 Å². The number of hydrogen-bond acceptors (Lipinski definition) is 3. The van der Waals surface area contributed by atoms with Gasteiger partial charge in [-0.25, -0.2) is 23.1 Å². The summed E-state index contributed by atoms with van der Waals surface area (Å²) in [6.45, 7) is 4.31. The van der Waals surface area contributed by atoms with Crippen LogP contribution in [0.1, 0.15) is 25.8 Å². The lowest BCUT2D eigenvalue weighted by molar-refractivity contribution is 0.491. The van der Waals surface area contributed by atoms with Gasteiger partial charge >= 0.3 is 5.69 Å². The highest BCUT2D eigenvalue weighted by Crippen LogP contribution is 2.22. The van der Waals surface area contributed by atoms with E-state index in [4.69, 9.17) is 11.6 Å². The third-order valence-electron chi connectivity index (χ3n) is 5.26. The third kappa shape index (κ3) is 3.98. The molecule has 0 saturated heterocycles. The molecule has 0 radical (unpaired) electrons. The first kappa shape index (κ1) is 22.0. The smallest absolute Gasteiger partial charge is 0.320 e. The molecule has 0 amide bonds. The lowest BCUT2D eigenvalue weighted by Crippen LogP contribution is -2.40. The largest absolute Gasteiger partial charge is 0.337 e. The SMILES string of the molecule is CC(C)CCn1c(=O)c2c(ncn2Cc2ccc(F)c(F)c2)n(-c2ccccc2Cl)c1=O. The number of hydrogen-bond donors (Lipinski definition) is 0. The standard InChI is InChI=1S/C23H21ClF2N4O2/c1-14(2)9-10-29-22(31)20-21(30(23(29)32)19-6-4-3-5-16(19)24)27-13-28(20)12-15-7-8-17(25)18(26)11-15/h3-8,11,13-14H,9-10,12H2,1-2H3. The van der Waals surface area contributed by atoms with Crippen molar-refractivity contribution in [3.8, 4) is 5.69 Å². The molecule has 0 fully saturated rings. The van der Waals surface area contributed by atoms with Crippen LogP contribution in [0, 0.1) is 17.6 Å². The Kier molecular flexibility index (Phi) is 5.97. The summed E-state index contributed by atoms with van der Waals surface area (Å²) in [6.07, 6.45) is 2.04. The summed E-state index contributed by atoms with van der Waals surface area (Å²) < 4.78 is 31.0. The Bertz CT molecular complexity index is 1420. The molecule has 0 N–H and O–H groups in total. The molecule has 32 heavy (non-hydrogen) atoms. The van der Waals surface area contributed by atoms with Crippen molar-refractivity contribution in [2.45, 2.75) is 33.4 Å². The molecule has 0 spiro atoms. The van der Waals surface area contributed by atoms with E-state index in [1.807, 2.05) is 13.8 Å². The Morgan fingerprint density at radius 3 is 2.50 bits per heavy atom. The van der Waals surface area contributed by atoms with Crippen molar-refractivity contribution in [1.29, 1.82) is 0 Å². The minimum atomic E-state index is -0.978. The fourth-order valence-corrected chi connectivity index (χ4v) is 3.79. The van der Waals surface area contributed by atoms with E-state index in [2.05, 4.69) is 4.98 Å². The molecule has 2 aromatic heterocycles. The molecule has 166 valence electrons. The van der Waals surface area contributed by atoms with Gasteiger partial charge in [-0.05, 0) is 42.2 Å². The average Bonchev–Trinajstić information content (AvgIpc) is 3.15. The van der Waals surface area contributed by atoms with Gasteiger partial charge in [0.2, 0.25) is 0 Å². The maximum absolute atomic E-state index is 13.7. The van der Waals surface area contributed by atoms with Crippen molar-refractivity contribution in [2.75, 3.05) is 0 Å². The predicted molar refractivity (Wildman–Crippen MR) is 120 cm³/mol. The Morgan fingerprint density at radius 1 is 1.06 bits per heavy atom. The molecule has 4 aromatic rings. The first-order chi connectivity index (χ1) is 15.3. The van der Waals surface area contributed by atoms with Gasteiger partial charge in [-0.1, -0.05) is 43.6 Å². The van der Waals surface area contributed by atoms with E-state index in [0.717, 1.165) is 12.1 Å². The molecule has 0 aliphatic carbocycles. The van der Waals surface area contributed by atoms with Gasteiger partial charge in [0, 0.05) is 13.1 Å². The topological polar surface area (TPSA) is 61.8 Å². The molecule has 2 aromatic carbocycles. The maximum atomic E-state index is 13.7. The van der Waals surface area contributed by atoms with Gasteiger partial charge in [0.05, 0.1) is 17.0 Å². The summed E-state index contributed by atoms with van der Waals surface area (Å²) >= 11 is 6.36. The first-order valence-electron chi connectivity index (χ1n) is 10.2. The van der Waals surface area contributed by atoms with Gasteiger partial charge in [0.15, 0.2) is 22.8 Å². The van der Waals surface area contributed by atoms with Gasteiger partial charge in [0.1, 0.15) is 0 Å². The van der Waals surface area contributed by atoms with Gasteiger partial charge in [0.25, 0.3) is 5.56 Å². The number of benzene rings is 2. The van der Waals surface area contributed by atoms with Crippen LogP contribution in [0.4, 0.5) is 8.78 Å². The number of para-hydroxylation sites is 1. The number of nitrogens with zero attached hydrogens (tertiary/aromatic N) is 4. The van der Waals surface area contributed by atoms with Crippen LogP contribution >= 0.6 is 11.6 Å². The number of aromatic nitrogens is 4. The van der Waals surface area contributed by atoms with E-state index in [9.17, 15) is 18.4 Å². The molecular weight excluding hydrogens is 438 g/mol.